The van der Waals surface area contributed by atoms with E-state index in [1.54, 1.807) is 6.20 Å². The minimum absolute atomic E-state index is 0.339. The highest BCUT2D eigenvalue weighted by Gasteiger charge is 2.13. The Kier molecular flexibility index (Phi) is 3.88. The number of hydrogen-bond donors (Lipinski definition) is 1. The van der Waals surface area contributed by atoms with Crippen molar-refractivity contribution in [2.75, 3.05) is 17.7 Å². The number of rotatable bonds is 4. The largest absolute Gasteiger partial charge is 0.368 e. The van der Waals surface area contributed by atoms with Crippen LogP contribution in [-0.2, 0) is 0 Å². The quantitative estimate of drug-likeness (QED) is 0.822. The minimum atomic E-state index is 0.339. The molecule has 15 heavy (non-hydrogen) atoms. The molecule has 4 heteroatoms. The summed E-state index contributed by atoms with van der Waals surface area (Å²) in [6.07, 6.45) is 4.10. The van der Waals surface area contributed by atoms with Crippen molar-refractivity contribution in [1.82, 2.24) is 9.97 Å². The molecule has 1 aromatic heterocycles. The van der Waals surface area contributed by atoms with Gasteiger partial charge in [0.15, 0.2) is 0 Å². The van der Waals surface area contributed by atoms with Crippen LogP contribution in [0.3, 0.4) is 0 Å². The van der Waals surface area contributed by atoms with Crippen LogP contribution in [0.15, 0.2) is 6.20 Å². The second kappa shape index (κ2) is 4.96. The second-order valence-electron chi connectivity index (χ2n) is 3.98. The molecule has 0 aliphatic rings. The molecular formula is C11H20N4. The minimum Gasteiger partial charge on any atom is -0.368 e. The number of aryl methyl sites for hydroxylation is 1. The normalized spacial score (nSPS) is 12.5. The third kappa shape index (κ3) is 2.81. The Balaban J connectivity index is 2.89. The predicted molar refractivity (Wildman–Crippen MR) is 64.0 cm³/mol. The van der Waals surface area contributed by atoms with Crippen LogP contribution in [-0.4, -0.2) is 23.1 Å². The Morgan fingerprint density at radius 2 is 2.20 bits per heavy atom. The lowest BCUT2D eigenvalue weighted by molar-refractivity contribution is 0.610. The van der Waals surface area contributed by atoms with Gasteiger partial charge in [-0.2, -0.15) is 4.98 Å². The second-order valence-corrected chi connectivity index (χ2v) is 3.98. The topological polar surface area (TPSA) is 55.0 Å². The van der Waals surface area contributed by atoms with Crippen molar-refractivity contribution in [3.05, 3.63) is 11.8 Å². The molecule has 0 spiro atoms. The maximum absolute atomic E-state index is 5.59. The zero-order valence-corrected chi connectivity index (χ0v) is 9.99. The van der Waals surface area contributed by atoms with Crippen LogP contribution in [0.2, 0.25) is 0 Å². The molecule has 1 atom stereocenters. The summed E-state index contributed by atoms with van der Waals surface area (Å²) in [7, 11) is 2.05. The number of nitrogens with zero attached hydrogens (tertiary/aromatic N) is 3. The molecule has 0 saturated carbocycles. The summed E-state index contributed by atoms with van der Waals surface area (Å²) in [6, 6.07) is 0.475. The van der Waals surface area contributed by atoms with Gasteiger partial charge in [-0.1, -0.05) is 13.3 Å². The lowest BCUT2D eigenvalue weighted by atomic mass is 10.1. The van der Waals surface area contributed by atoms with Crippen molar-refractivity contribution in [2.45, 2.75) is 39.7 Å². The van der Waals surface area contributed by atoms with E-state index in [4.69, 9.17) is 5.73 Å². The monoisotopic (exact) mass is 208 g/mol. The average Bonchev–Trinajstić information content (AvgIpc) is 2.21. The molecule has 0 saturated heterocycles. The van der Waals surface area contributed by atoms with Crippen LogP contribution >= 0.6 is 0 Å². The van der Waals surface area contributed by atoms with E-state index in [2.05, 4.69) is 35.8 Å². The summed E-state index contributed by atoms with van der Waals surface area (Å²) < 4.78 is 0. The van der Waals surface area contributed by atoms with Gasteiger partial charge in [0, 0.05) is 24.8 Å². The molecule has 0 bridgehead atoms. The maximum atomic E-state index is 5.59. The fourth-order valence-electron chi connectivity index (χ4n) is 1.62. The van der Waals surface area contributed by atoms with Gasteiger partial charge in [-0.3, -0.25) is 0 Å². The summed E-state index contributed by atoms with van der Waals surface area (Å²) in [6.45, 7) is 6.39. The Bertz CT molecular complexity index is 324. The molecule has 0 aliphatic carbocycles. The van der Waals surface area contributed by atoms with Crippen LogP contribution in [0.1, 0.15) is 32.3 Å². The van der Waals surface area contributed by atoms with E-state index < -0.39 is 0 Å². The molecule has 0 aromatic carbocycles. The smallest absolute Gasteiger partial charge is 0.221 e. The van der Waals surface area contributed by atoms with Crippen LogP contribution in [0.25, 0.3) is 0 Å². The predicted octanol–water partition coefficient (Wildman–Crippen LogP) is 1.99. The van der Waals surface area contributed by atoms with Gasteiger partial charge in [0.25, 0.3) is 0 Å². The highest BCUT2D eigenvalue weighted by Crippen LogP contribution is 2.19. The first-order valence-electron chi connectivity index (χ1n) is 5.38. The Labute approximate surface area is 91.5 Å². The van der Waals surface area contributed by atoms with E-state index in [1.807, 2.05) is 6.92 Å². The van der Waals surface area contributed by atoms with Gasteiger partial charge in [0.05, 0.1) is 0 Å². The Hall–Kier alpha value is -1.32. The summed E-state index contributed by atoms with van der Waals surface area (Å²) in [5, 5.41) is 0. The molecule has 1 unspecified atom stereocenters. The first-order chi connectivity index (χ1) is 7.06. The van der Waals surface area contributed by atoms with E-state index in [0.717, 1.165) is 17.8 Å². The lowest BCUT2D eigenvalue weighted by Crippen LogP contribution is -2.30. The van der Waals surface area contributed by atoms with Gasteiger partial charge in [0.1, 0.15) is 5.82 Å². The van der Waals surface area contributed by atoms with Crippen molar-refractivity contribution in [3.8, 4) is 0 Å². The van der Waals surface area contributed by atoms with E-state index in [-0.39, 0.29) is 0 Å². The van der Waals surface area contributed by atoms with Crippen LogP contribution in [0.5, 0.6) is 0 Å². The molecule has 0 aliphatic heterocycles. The van der Waals surface area contributed by atoms with Crippen molar-refractivity contribution in [3.63, 3.8) is 0 Å². The summed E-state index contributed by atoms with van der Waals surface area (Å²) in [4.78, 5) is 10.4. The Morgan fingerprint density at radius 3 is 2.80 bits per heavy atom. The standard InChI is InChI=1S/C11H20N4/c1-5-6-9(3)15(4)10-8(2)7-13-11(12)14-10/h7,9H,5-6H2,1-4H3,(H2,12,13,14). The van der Waals surface area contributed by atoms with E-state index in [9.17, 15) is 0 Å². The number of nitrogen functional groups attached to an aromatic ring is 1. The number of anilines is 2. The fourth-order valence-corrected chi connectivity index (χ4v) is 1.62. The van der Waals surface area contributed by atoms with Crippen molar-refractivity contribution in [1.29, 1.82) is 0 Å². The molecule has 2 N–H and O–H groups in total. The van der Waals surface area contributed by atoms with Gasteiger partial charge in [-0.15, -0.1) is 0 Å². The number of hydrogen-bond acceptors (Lipinski definition) is 4. The first-order valence-corrected chi connectivity index (χ1v) is 5.38. The van der Waals surface area contributed by atoms with Gasteiger partial charge >= 0.3 is 0 Å². The highest BCUT2D eigenvalue weighted by atomic mass is 15.2. The van der Waals surface area contributed by atoms with Crippen LogP contribution in [0.4, 0.5) is 11.8 Å². The molecule has 1 rings (SSSR count). The van der Waals surface area contributed by atoms with Gasteiger partial charge in [-0.05, 0) is 20.3 Å². The van der Waals surface area contributed by atoms with Crippen LogP contribution < -0.4 is 10.6 Å². The molecule has 0 amide bonds. The molecule has 84 valence electrons. The Morgan fingerprint density at radius 1 is 1.53 bits per heavy atom. The van der Waals surface area contributed by atoms with Crippen molar-refractivity contribution < 1.29 is 0 Å². The molecule has 4 nitrogen and oxygen atoms in total. The zero-order valence-electron chi connectivity index (χ0n) is 9.99. The maximum Gasteiger partial charge on any atom is 0.221 e. The summed E-state index contributed by atoms with van der Waals surface area (Å²) >= 11 is 0. The third-order valence-corrected chi connectivity index (χ3v) is 2.67. The third-order valence-electron chi connectivity index (χ3n) is 2.67. The number of aromatic nitrogens is 2. The van der Waals surface area contributed by atoms with Crippen molar-refractivity contribution in [2.24, 2.45) is 0 Å². The average molecular weight is 208 g/mol. The van der Waals surface area contributed by atoms with Crippen LogP contribution in [0, 0.1) is 6.92 Å². The zero-order chi connectivity index (χ0) is 11.4. The lowest BCUT2D eigenvalue weighted by Gasteiger charge is -2.26. The molecular weight excluding hydrogens is 188 g/mol. The van der Waals surface area contributed by atoms with Gasteiger partial charge < -0.3 is 10.6 Å². The first kappa shape index (κ1) is 11.8. The highest BCUT2D eigenvalue weighted by molar-refractivity contribution is 5.47. The molecule has 1 heterocycles. The van der Waals surface area contributed by atoms with E-state index in [0.29, 0.717) is 12.0 Å². The van der Waals surface area contributed by atoms with Crippen molar-refractivity contribution >= 4 is 11.8 Å². The van der Waals surface area contributed by atoms with E-state index >= 15 is 0 Å². The fraction of sp³-hybridized carbons (Fsp3) is 0.636. The summed E-state index contributed by atoms with van der Waals surface area (Å²) in [5.74, 6) is 1.27. The molecule has 0 fully saturated rings. The number of nitrogens with two attached hydrogens (primary N) is 1. The SMILES string of the molecule is CCCC(C)N(C)c1nc(N)ncc1C. The molecule has 1 aromatic rings. The molecule has 0 radical (unpaired) electrons. The van der Waals surface area contributed by atoms with Gasteiger partial charge in [0.2, 0.25) is 5.95 Å². The van der Waals surface area contributed by atoms with E-state index in [1.165, 1.54) is 6.42 Å². The van der Waals surface area contributed by atoms with Gasteiger partial charge in [-0.25, -0.2) is 4.98 Å². The summed E-state index contributed by atoms with van der Waals surface area (Å²) in [5.41, 5.74) is 6.65.